The normalized spacial score (nSPS) is 14.1. The summed E-state index contributed by atoms with van der Waals surface area (Å²) in [4.78, 5) is 0. The van der Waals surface area contributed by atoms with E-state index in [0.717, 1.165) is 16.7 Å². The largest absolute Gasteiger partial charge is 0.0622 e. The summed E-state index contributed by atoms with van der Waals surface area (Å²) in [6.45, 7) is 5.79. The zero-order chi connectivity index (χ0) is 14.1. The van der Waals surface area contributed by atoms with Crippen LogP contribution in [0.5, 0.6) is 0 Å². The van der Waals surface area contributed by atoms with Gasteiger partial charge in [-0.15, -0.1) is 0 Å². The Balaban J connectivity index is 2.35. The Morgan fingerprint density at radius 2 is 1.35 bits per heavy atom. The predicted octanol–water partition coefficient (Wildman–Crippen LogP) is 4.94. The van der Waals surface area contributed by atoms with Gasteiger partial charge in [-0.2, -0.15) is 0 Å². The number of benzene rings is 2. The third-order valence-corrected chi connectivity index (χ3v) is 2.51. The van der Waals surface area contributed by atoms with Crippen molar-refractivity contribution in [3.05, 3.63) is 60.2 Å². The van der Waals surface area contributed by atoms with Crippen molar-refractivity contribution in [2.45, 2.75) is 27.1 Å². The molecule has 2 rings (SSSR count). The molecule has 0 saturated carbocycles. The third-order valence-electron chi connectivity index (χ3n) is 2.51. The molecule has 0 amide bonds. The van der Waals surface area contributed by atoms with E-state index in [1.807, 2.05) is 63.2 Å². The van der Waals surface area contributed by atoms with Crippen LogP contribution in [0.15, 0.2) is 54.6 Å². The SMILES string of the molecule is [2H]C([2H])(c1ccc(-c2ccccc2)cc1)C(C)(C)C. The van der Waals surface area contributed by atoms with Crippen LogP contribution in [-0.4, -0.2) is 0 Å². The lowest BCUT2D eigenvalue weighted by molar-refractivity contribution is 0.411. The summed E-state index contributed by atoms with van der Waals surface area (Å²) in [7, 11) is 0. The van der Waals surface area contributed by atoms with Gasteiger partial charge in [-0.25, -0.2) is 0 Å². The summed E-state index contributed by atoms with van der Waals surface area (Å²) >= 11 is 0. The molecule has 2 aromatic rings. The van der Waals surface area contributed by atoms with Crippen LogP contribution in [0.2, 0.25) is 0 Å². The number of rotatable bonds is 2. The monoisotopic (exact) mass is 226 g/mol. The molecule has 0 fully saturated rings. The fraction of sp³-hybridized carbons (Fsp3) is 0.294. The second-order valence-corrected chi connectivity index (χ2v) is 5.32. The van der Waals surface area contributed by atoms with Crippen LogP contribution in [0.1, 0.15) is 29.1 Å². The molecule has 0 aromatic heterocycles. The van der Waals surface area contributed by atoms with Gasteiger partial charge in [0, 0.05) is 2.74 Å². The smallest absolute Gasteiger partial charge is 0.0321 e. The van der Waals surface area contributed by atoms with E-state index < -0.39 is 11.8 Å². The van der Waals surface area contributed by atoms with Gasteiger partial charge < -0.3 is 0 Å². The molecule has 0 heterocycles. The van der Waals surface area contributed by atoms with E-state index in [0.29, 0.717) is 0 Å². The van der Waals surface area contributed by atoms with Gasteiger partial charge in [-0.3, -0.25) is 0 Å². The van der Waals surface area contributed by atoms with E-state index >= 15 is 0 Å². The molecule has 0 radical (unpaired) electrons. The van der Waals surface area contributed by atoms with Crippen molar-refractivity contribution in [3.63, 3.8) is 0 Å². The van der Waals surface area contributed by atoms with Gasteiger partial charge in [0.05, 0.1) is 0 Å². The molecule has 0 aliphatic heterocycles. The van der Waals surface area contributed by atoms with Crippen LogP contribution in [0, 0.1) is 5.41 Å². The van der Waals surface area contributed by atoms with E-state index in [1.54, 1.807) is 0 Å². The van der Waals surface area contributed by atoms with Gasteiger partial charge in [0.1, 0.15) is 0 Å². The summed E-state index contributed by atoms with van der Waals surface area (Å²) in [5.41, 5.74) is 2.60. The average molecular weight is 226 g/mol. The van der Waals surface area contributed by atoms with Crippen molar-refractivity contribution in [2.24, 2.45) is 5.41 Å². The zero-order valence-electron chi connectivity index (χ0n) is 12.7. The molecule has 2 aromatic carbocycles. The molecule has 0 bridgehead atoms. The maximum absolute atomic E-state index is 8.26. The van der Waals surface area contributed by atoms with Crippen molar-refractivity contribution in [3.8, 4) is 11.1 Å². The van der Waals surface area contributed by atoms with Crippen LogP contribution in [0.4, 0.5) is 0 Å². The van der Waals surface area contributed by atoms with Crippen molar-refractivity contribution < 1.29 is 2.74 Å². The predicted molar refractivity (Wildman–Crippen MR) is 75.0 cm³/mol. The Bertz CT molecular complexity index is 534. The standard InChI is InChI=1S/C17H20/c1-17(2,3)13-14-9-11-16(12-10-14)15-7-5-4-6-8-15/h4-12H,13H2,1-3H3/i13D2. The molecular weight excluding hydrogens is 204 g/mol. The molecule has 0 aliphatic carbocycles. The second-order valence-electron chi connectivity index (χ2n) is 5.32. The van der Waals surface area contributed by atoms with Crippen LogP contribution in [0.3, 0.4) is 0 Å². The molecular formula is C17H20. The maximum atomic E-state index is 8.26. The van der Waals surface area contributed by atoms with Crippen LogP contribution in [0.25, 0.3) is 11.1 Å². The van der Waals surface area contributed by atoms with E-state index in [4.69, 9.17) is 2.74 Å². The van der Waals surface area contributed by atoms with Crippen LogP contribution < -0.4 is 0 Å². The molecule has 0 atom stereocenters. The molecule has 88 valence electrons. The summed E-state index contributed by atoms with van der Waals surface area (Å²) in [5.74, 6) is 0. The first kappa shape index (κ1) is 9.47. The molecule has 0 spiro atoms. The van der Waals surface area contributed by atoms with Gasteiger partial charge in [0.15, 0.2) is 0 Å². The van der Waals surface area contributed by atoms with E-state index in [2.05, 4.69) is 12.1 Å². The fourth-order valence-electron chi connectivity index (χ4n) is 1.81. The minimum atomic E-state index is -1.33. The minimum Gasteiger partial charge on any atom is -0.0622 e. The first-order valence-electron chi connectivity index (χ1n) is 6.98. The number of hydrogen-bond acceptors (Lipinski definition) is 0. The summed E-state index contributed by atoms with van der Waals surface area (Å²) in [6.07, 6.45) is -1.33. The Hall–Kier alpha value is -1.56. The molecule has 0 heteroatoms. The zero-order valence-corrected chi connectivity index (χ0v) is 10.7. The molecule has 0 N–H and O–H groups in total. The molecule has 0 unspecified atom stereocenters. The fourth-order valence-corrected chi connectivity index (χ4v) is 1.81. The van der Waals surface area contributed by atoms with E-state index in [-0.39, 0.29) is 0 Å². The van der Waals surface area contributed by atoms with Gasteiger partial charge >= 0.3 is 0 Å². The molecule has 17 heavy (non-hydrogen) atoms. The van der Waals surface area contributed by atoms with Crippen LogP contribution in [-0.2, 0) is 6.37 Å². The first-order valence-corrected chi connectivity index (χ1v) is 5.98. The number of hydrogen-bond donors (Lipinski definition) is 0. The van der Waals surface area contributed by atoms with Gasteiger partial charge in [0.2, 0.25) is 0 Å². The lowest BCUT2D eigenvalue weighted by Gasteiger charge is -2.18. The Kier molecular flexibility index (Phi) is 2.64. The second kappa shape index (κ2) is 4.75. The Morgan fingerprint density at radius 3 is 1.88 bits per heavy atom. The molecule has 0 nitrogen and oxygen atoms in total. The van der Waals surface area contributed by atoms with E-state index in [1.165, 1.54) is 0 Å². The molecule has 0 saturated heterocycles. The van der Waals surface area contributed by atoms with Crippen LogP contribution >= 0.6 is 0 Å². The van der Waals surface area contributed by atoms with Gasteiger partial charge in [0.25, 0.3) is 0 Å². The summed E-state index contributed by atoms with van der Waals surface area (Å²) in [5, 5.41) is 0. The maximum Gasteiger partial charge on any atom is 0.0321 e. The Morgan fingerprint density at radius 1 is 0.824 bits per heavy atom. The summed E-state index contributed by atoms with van der Waals surface area (Å²) in [6, 6.07) is 17.9. The third kappa shape index (κ3) is 3.45. The summed E-state index contributed by atoms with van der Waals surface area (Å²) < 4.78 is 16.5. The van der Waals surface area contributed by atoms with Crippen molar-refractivity contribution >= 4 is 0 Å². The lowest BCUT2D eigenvalue weighted by atomic mass is 9.88. The van der Waals surface area contributed by atoms with Crippen molar-refractivity contribution in [1.82, 2.24) is 0 Å². The van der Waals surface area contributed by atoms with Gasteiger partial charge in [-0.1, -0.05) is 75.4 Å². The highest BCUT2D eigenvalue weighted by molar-refractivity contribution is 5.63. The van der Waals surface area contributed by atoms with Crippen molar-refractivity contribution in [2.75, 3.05) is 0 Å². The lowest BCUT2D eigenvalue weighted by Crippen LogP contribution is -2.08. The molecule has 0 aliphatic rings. The van der Waals surface area contributed by atoms with Gasteiger partial charge in [-0.05, 0) is 28.5 Å². The minimum absolute atomic E-state index is 0.415. The Labute approximate surface area is 107 Å². The highest BCUT2D eigenvalue weighted by Gasteiger charge is 2.10. The van der Waals surface area contributed by atoms with E-state index in [9.17, 15) is 0 Å². The topological polar surface area (TPSA) is 0 Å². The average Bonchev–Trinajstić information content (AvgIpc) is 2.39. The first-order chi connectivity index (χ1) is 8.82. The highest BCUT2D eigenvalue weighted by Crippen LogP contribution is 2.23. The highest BCUT2D eigenvalue weighted by atomic mass is 14.2. The quantitative estimate of drug-likeness (QED) is 0.680. The van der Waals surface area contributed by atoms with Crippen molar-refractivity contribution in [1.29, 1.82) is 0 Å².